The van der Waals surface area contributed by atoms with Crippen molar-refractivity contribution >= 4 is 5.91 Å². The van der Waals surface area contributed by atoms with Crippen molar-refractivity contribution in [3.05, 3.63) is 0 Å². The van der Waals surface area contributed by atoms with Crippen LogP contribution in [0.5, 0.6) is 0 Å². The Hall–Kier alpha value is -0.610. The van der Waals surface area contributed by atoms with Crippen molar-refractivity contribution in [3.8, 4) is 0 Å². The highest BCUT2D eigenvalue weighted by Gasteiger charge is 2.25. The molecule has 0 unspecified atom stereocenters. The molecular formula is C14H27N3O. The molecule has 2 aliphatic rings. The third kappa shape index (κ3) is 4.58. The molecule has 0 bridgehead atoms. The summed E-state index contributed by atoms with van der Waals surface area (Å²) in [5.74, 6) is 1.27. The molecule has 18 heavy (non-hydrogen) atoms. The normalized spacial score (nSPS) is 21.6. The van der Waals surface area contributed by atoms with Gasteiger partial charge in [-0.1, -0.05) is 0 Å². The highest BCUT2D eigenvalue weighted by atomic mass is 16.2. The first-order chi connectivity index (χ1) is 8.65. The lowest BCUT2D eigenvalue weighted by atomic mass is 10.0. The quantitative estimate of drug-likeness (QED) is 0.765. The molecule has 104 valence electrons. The second kappa shape index (κ2) is 6.53. The van der Waals surface area contributed by atoms with Crippen molar-refractivity contribution in [2.45, 2.75) is 38.1 Å². The molecule has 0 aromatic rings. The molecule has 0 radical (unpaired) electrons. The molecule has 4 heteroatoms. The zero-order valence-corrected chi connectivity index (χ0v) is 11.8. The highest BCUT2D eigenvalue weighted by molar-refractivity contribution is 5.76. The van der Waals surface area contributed by atoms with Crippen LogP contribution >= 0.6 is 0 Å². The van der Waals surface area contributed by atoms with E-state index in [1.54, 1.807) is 0 Å². The van der Waals surface area contributed by atoms with Crippen LogP contribution < -0.4 is 5.32 Å². The summed E-state index contributed by atoms with van der Waals surface area (Å²) >= 11 is 0. The number of hydrogen-bond acceptors (Lipinski definition) is 3. The number of nitrogens with one attached hydrogen (secondary N) is 1. The van der Waals surface area contributed by atoms with Crippen molar-refractivity contribution in [3.63, 3.8) is 0 Å². The molecule has 0 spiro atoms. The van der Waals surface area contributed by atoms with Crippen LogP contribution in [0.2, 0.25) is 0 Å². The van der Waals surface area contributed by atoms with Gasteiger partial charge >= 0.3 is 0 Å². The van der Waals surface area contributed by atoms with E-state index in [4.69, 9.17) is 0 Å². The Morgan fingerprint density at radius 1 is 1.22 bits per heavy atom. The van der Waals surface area contributed by atoms with Gasteiger partial charge in [-0.2, -0.15) is 0 Å². The Morgan fingerprint density at radius 3 is 2.44 bits per heavy atom. The second-order valence-corrected chi connectivity index (χ2v) is 6.06. The van der Waals surface area contributed by atoms with Crippen LogP contribution in [0, 0.1) is 5.92 Å². The zero-order valence-electron chi connectivity index (χ0n) is 11.8. The third-order valence-electron chi connectivity index (χ3n) is 4.01. The van der Waals surface area contributed by atoms with E-state index in [1.165, 1.54) is 19.4 Å². The fraction of sp³-hybridized carbons (Fsp3) is 0.929. The number of likely N-dealkylation sites (tertiary alicyclic amines) is 1. The molecule has 2 rings (SSSR count). The summed E-state index contributed by atoms with van der Waals surface area (Å²) in [5.41, 5.74) is 0. The van der Waals surface area contributed by atoms with E-state index in [9.17, 15) is 4.79 Å². The Bertz CT molecular complexity index is 268. The fourth-order valence-electron chi connectivity index (χ4n) is 2.47. The molecule has 1 aliphatic heterocycles. The molecular weight excluding hydrogens is 226 g/mol. The van der Waals surface area contributed by atoms with Crippen LogP contribution in [0.3, 0.4) is 0 Å². The molecule has 1 saturated heterocycles. The summed E-state index contributed by atoms with van der Waals surface area (Å²) in [6, 6.07) is 0.642. The lowest BCUT2D eigenvalue weighted by Gasteiger charge is -2.33. The van der Waals surface area contributed by atoms with Crippen LogP contribution in [0.25, 0.3) is 0 Å². The number of amides is 1. The molecule has 1 saturated carbocycles. The predicted molar refractivity (Wildman–Crippen MR) is 73.5 cm³/mol. The largest absolute Gasteiger partial charge is 0.343 e. The molecule has 1 aliphatic carbocycles. The molecule has 0 aromatic heterocycles. The number of hydrogen-bond donors (Lipinski definition) is 1. The average Bonchev–Trinajstić information content (AvgIpc) is 3.18. The van der Waals surface area contributed by atoms with Gasteiger partial charge in [-0.15, -0.1) is 0 Å². The van der Waals surface area contributed by atoms with Gasteiger partial charge in [0.25, 0.3) is 0 Å². The van der Waals surface area contributed by atoms with Gasteiger partial charge in [0.1, 0.15) is 0 Å². The molecule has 0 atom stereocenters. The lowest BCUT2D eigenvalue weighted by molar-refractivity contribution is -0.132. The minimum Gasteiger partial charge on any atom is -0.343 e. The molecule has 0 aromatic carbocycles. The molecule has 1 amide bonds. The van der Waals surface area contributed by atoms with Crippen LogP contribution in [0.1, 0.15) is 32.1 Å². The summed E-state index contributed by atoms with van der Waals surface area (Å²) in [6.45, 7) is 3.93. The second-order valence-electron chi connectivity index (χ2n) is 6.06. The first-order valence-electron chi connectivity index (χ1n) is 7.31. The van der Waals surface area contributed by atoms with E-state index in [-0.39, 0.29) is 0 Å². The van der Waals surface area contributed by atoms with E-state index >= 15 is 0 Å². The van der Waals surface area contributed by atoms with E-state index < -0.39 is 0 Å². The molecule has 1 heterocycles. The maximum atomic E-state index is 12.0. The maximum absolute atomic E-state index is 12.0. The Kier molecular flexibility index (Phi) is 5.01. The van der Waals surface area contributed by atoms with Crippen molar-refractivity contribution in [1.82, 2.24) is 15.1 Å². The maximum Gasteiger partial charge on any atom is 0.223 e. The smallest absolute Gasteiger partial charge is 0.223 e. The van der Waals surface area contributed by atoms with E-state index in [0.29, 0.717) is 18.4 Å². The number of carbonyl (C=O) groups is 1. The van der Waals surface area contributed by atoms with Crippen molar-refractivity contribution < 1.29 is 4.79 Å². The van der Waals surface area contributed by atoms with Crippen LogP contribution in [-0.2, 0) is 4.79 Å². The number of rotatable bonds is 6. The SMILES string of the molecule is CN(C)CCC(=O)N1CCC(NCC2CC2)CC1. The molecule has 1 N–H and O–H groups in total. The Labute approximate surface area is 111 Å². The predicted octanol–water partition coefficient (Wildman–Crippen LogP) is 0.929. The average molecular weight is 253 g/mol. The van der Waals surface area contributed by atoms with Gasteiger partial charge in [-0.3, -0.25) is 4.79 Å². The summed E-state index contributed by atoms with van der Waals surface area (Å²) < 4.78 is 0. The molecule has 4 nitrogen and oxygen atoms in total. The third-order valence-corrected chi connectivity index (χ3v) is 4.01. The summed E-state index contributed by atoms with van der Waals surface area (Å²) in [5, 5.41) is 3.65. The number of piperidine rings is 1. The first-order valence-corrected chi connectivity index (χ1v) is 7.31. The summed E-state index contributed by atoms with van der Waals surface area (Å²) in [7, 11) is 4.03. The van der Waals surface area contributed by atoms with Gasteiger partial charge in [-0.25, -0.2) is 0 Å². The van der Waals surface area contributed by atoms with E-state index in [0.717, 1.165) is 38.4 Å². The number of carbonyl (C=O) groups excluding carboxylic acids is 1. The fourth-order valence-corrected chi connectivity index (χ4v) is 2.47. The lowest BCUT2D eigenvalue weighted by Crippen LogP contribution is -2.45. The van der Waals surface area contributed by atoms with Gasteiger partial charge < -0.3 is 15.1 Å². The standard InChI is InChI=1S/C14H27N3O/c1-16(2)8-7-14(18)17-9-5-13(6-10-17)15-11-12-3-4-12/h12-13,15H,3-11H2,1-2H3. The minimum atomic E-state index is 0.323. The minimum absolute atomic E-state index is 0.323. The zero-order chi connectivity index (χ0) is 13.0. The Morgan fingerprint density at radius 2 is 1.89 bits per heavy atom. The van der Waals surface area contributed by atoms with Crippen molar-refractivity contribution in [2.24, 2.45) is 5.92 Å². The summed E-state index contributed by atoms with van der Waals surface area (Å²) in [4.78, 5) is 16.1. The monoisotopic (exact) mass is 253 g/mol. The van der Waals surface area contributed by atoms with Gasteiger partial charge in [0.2, 0.25) is 5.91 Å². The van der Waals surface area contributed by atoms with Crippen molar-refractivity contribution in [1.29, 1.82) is 0 Å². The number of nitrogens with zero attached hydrogens (tertiary/aromatic N) is 2. The van der Waals surface area contributed by atoms with Gasteiger partial charge in [-0.05, 0) is 52.2 Å². The van der Waals surface area contributed by atoms with Crippen molar-refractivity contribution in [2.75, 3.05) is 40.3 Å². The summed E-state index contributed by atoms with van der Waals surface area (Å²) in [6.07, 6.45) is 5.73. The molecule has 2 fully saturated rings. The van der Waals surface area contributed by atoms with Crippen LogP contribution in [0.4, 0.5) is 0 Å². The first kappa shape index (κ1) is 13.8. The Balaban J connectivity index is 1.60. The van der Waals surface area contributed by atoms with Gasteiger partial charge in [0, 0.05) is 32.1 Å². The highest BCUT2D eigenvalue weighted by Crippen LogP contribution is 2.28. The van der Waals surface area contributed by atoms with E-state index in [2.05, 4.69) is 10.2 Å². The topological polar surface area (TPSA) is 35.6 Å². The van der Waals surface area contributed by atoms with Gasteiger partial charge in [0.05, 0.1) is 0 Å². The van der Waals surface area contributed by atoms with Crippen LogP contribution in [0.15, 0.2) is 0 Å². The van der Waals surface area contributed by atoms with E-state index in [1.807, 2.05) is 19.0 Å². The van der Waals surface area contributed by atoms with Crippen LogP contribution in [-0.4, -0.2) is 62.0 Å². The van der Waals surface area contributed by atoms with Gasteiger partial charge in [0.15, 0.2) is 0 Å².